The number of hydrogen-bond donors (Lipinski definition) is 0. The molecule has 1 aromatic rings. The molecule has 0 bridgehead atoms. The van der Waals surface area contributed by atoms with Crippen LogP contribution in [-0.2, 0) is 25.4 Å². The summed E-state index contributed by atoms with van der Waals surface area (Å²) >= 11 is 0. The molecule has 7 nitrogen and oxygen atoms in total. The Morgan fingerprint density at radius 2 is 1.39 bits per heavy atom. The maximum Gasteiger partial charge on any atom is 0.420 e. The van der Waals surface area contributed by atoms with Crippen molar-refractivity contribution < 1.29 is 28.6 Å². The van der Waals surface area contributed by atoms with Crippen LogP contribution >= 0.6 is 0 Å². The van der Waals surface area contributed by atoms with Crippen molar-refractivity contribution in [3.8, 4) is 0 Å². The van der Waals surface area contributed by atoms with Gasteiger partial charge in [0.1, 0.15) is 11.2 Å². The maximum absolute atomic E-state index is 13.1. The molecule has 0 aliphatic rings. The van der Waals surface area contributed by atoms with E-state index in [1.54, 1.807) is 41.5 Å². The van der Waals surface area contributed by atoms with Crippen LogP contribution in [0.4, 0.5) is 9.59 Å². The van der Waals surface area contributed by atoms with Crippen molar-refractivity contribution in [2.24, 2.45) is 5.92 Å². The van der Waals surface area contributed by atoms with Crippen LogP contribution in [0.3, 0.4) is 0 Å². The van der Waals surface area contributed by atoms with E-state index in [-0.39, 0.29) is 12.4 Å². The monoisotopic (exact) mass is 435 g/mol. The Bertz CT molecular complexity index is 705. The summed E-state index contributed by atoms with van der Waals surface area (Å²) in [5.74, 6) is -0.861. The lowest BCUT2D eigenvalue weighted by Gasteiger charge is -2.34. The van der Waals surface area contributed by atoms with Crippen molar-refractivity contribution in [2.45, 2.75) is 85.0 Å². The van der Waals surface area contributed by atoms with E-state index in [0.29, 0.717) is 12.8 Å². The second-order valence-electron chi connectivity index (χ2n) is 9.54. The molecule has 0 unspecified atom stereocenters. The number of carbonyl (C=O) groups is 3. The summed E-state index contributed by atoms with van der Waals surface area (Å²) in [5, 5.41) is 0. The summed E-state index contributed by atoms with van der Waals surface area (Å²) in [5.41, 5.74) is -0.688. The van der Waals surface area contributed by atoms with E-state index < -0.39 is 35.3 Å². The molecule has 0 fully saturated rings. The van der Waals surface area contributed by atoms with Gasteiger partial charge in [0, 0.05) is 0 Å². The third-order valence-corrected chi connectivity index (χ3v) is 4.44. The molecule has 0 aromatic heterocycles. The summed E-state index contributed by atoms with van der Waals surface area (Å²) in [4.78, 5) is 39.5. The van der Waals surface area contributed by atoms with Crippen LogP contribution in [0.2, 0.25) is 0 Å². The number of nitrogens with zero attached hydrogens (tertiary/aromatic N) is 1. The first-order chi connectivity index (χ1) is 14.3. The lowest BCUT2D eigenvalue weighted by molar-refractivity contribution is -0.146. The van der Waals surface area contributed by atoms with Gasteiger partial charge in [-0.15, -0.1) is 0 Å². The number of hydrogen-bond acceptors (Lipinski definition) is 6. The molecule has 0 aliphatic heterocycles. The van der Waals surface area contributed by atoms with Crippen LogP contribution in [0.1, 0.15) is 66.9 Å². The quantitative estimate of drug-likeness (QED) is 0.424. The summed E-state index contributed by atoms with van der Waals surface area (Å²) in [6.45, 7) is 12.2. The predicted octanol–water partition coefficient (Wildman–Crippen LogP) is 5.36. The van der Waals surface area contributed by atoms with Crippen molar-refractivity contribution in [3.63, 3.8) is 0 Å². The van der Waals surface area contributed by atoms with Gasteiger partial charge in [-0.2, -0.15) is 0 Å². The van der Waals surface area contributed by atoms with Gasteiger partial charge in [0.15, 0.2) is 0 Å². The molecule has 0 radical (unpaired) electrons. The van der Waals surface area contributed by atoms with E-state index >= 15 is 0 Å². The van der Waals surface area contributed by atoms with E-state index in [1.165, 1.54) is 7.11 Å². The third-order valence-electron chi connectivity index (χ3n) is 4.44. The fourth-order valence-electron chi connectivity index (χ4n) is 3.09. The lowest BCUT2D eigenvalue weighted by atomic mass is 9.92. The zero-order chi connectivity index (χ0) is 23.8. The summed E-state index contributed by atoms with van der Waals surface area (Å²) in [6, 6.07) is 8.82. The van der Waals surface area contributed by atoms with Gasteiger partial charge in [-0.3, -0.25) is 4.79 Å². The molecule has 0 heterocycles. The standard InChI is InChI=1S/C24H37NO6/c1-9-18(20(26)29-8)16-19(15-17-13-11-10-12-14-17)25(21(27)30-23(2,3)4)22(28)31-24(5,6)7/h10-14,18-19H,9,15-16H2,1-8H3/t18-,19-/m0/s1. The number of rotatable bonds is 7. The Kier molecular flexibility index (Phi) is 9.53. The van der Waals surface area contributed by atoms with Gasteiger partial charge in [0.25, 0.3) is 0 Å². The second-order valence-corrected chi connectivity index (χ2v) is 9.54. The van der Waals surface area contributed by atoms with E-state index in [1.807, 2.05) is 37.3 Å². The molecular weight excluding hydrogens is 398 g/mol. The summed E-state index contributed by atoms with van der Waals surface area (Å²) < 4.78 is 16.0. The topological polar surface area (TPSA) is 82.1 Å². The third kappa shape index (κ3) is 9.40. The Balaban J connectivity index is 3.39. The SMILES string of the molecule is CC[C@@H](C[C@H](Cc1ccccc1)N(C(=O)OC(C)(C)C)C(=O)OC(C)(C)C)C(=O)OC. The Morgan fingerprint density at radius 1 is 0.903 bits per heavy atom. The number of ether oxygens (including phenoxy) is 3. The zero-order valence-corrected chi connectivity index (χ0v) is 20.1. The molecule has 0 saturated heterocycles. The van der Waals surface area contributed by atoms with Gasteiger partial charge in [0.05, 0.1) is 19.1 Å². The molecule has 2 amide bonds. The van der Waals surface area contributed by atoms with Crippen LogP contribution in [-0.4, -0.2) is 47.4 Å². The number of imide groups is 1. The Morgan fingerprint density at radius 3 is 1.77 bits per heavy atom. The maximum atomic E-state index is 13.1. The van der Waals surface area contributed by atoms with Crippen molar-refractivity contribution >= 4 is 18.2 Å². The average molecular weight is 436 g/mol. The molecule has 0 spiro atoms. The lowest BCUT2D eigenvalue weighted by Crippen LogP contribution is -2.50. The molecule has 0 N–H and O–H groups in total. The number of esters is 1. The molecule has 31 heavy (non-hydrogen) atoms. The minimum absolute atomic E-state index is 0.233. The van der Waals surface area contributed by atoms with Crippen molar-refractivity contribution in [1.82, 2.24) is 4.90 Å². The van der Waals surface area contributed by atoms with Gasteiger partial charge in [-0.25, -0.2) is 14.5 Å². The first-order valence-electron chi connectivity index (χ1n) is 10.6. The van der Waals surface area contributed by atoms with Crippen LogP contribution in [0.5, 0.6) is 0 Å². The van der Waals surface area contributed by atoms with Crippen molar-refractivity contribution in [1.29, 1.82) is 0 Å². The van der Waals surface area contributed by atoms with Crippen LogP contribution in [0, 0.1) is 5.92 Å². The van der Waals surface area contributed by atoms with Crippen LogP contribution < -0.4 is 0 Å². The predicted molar refractivity (Wildman–Crippen MR) is 119 cm³/mol. The molecular formula is C24H37NO6. The second kappa shape index (κ2) is 11.2. The largest absolute Gasteiger partial charge is 0.469 e. The molecule has 174 valence electrons. The number of amides is 2. The first kappa shape index (κ1) is 26.5. The fourth-order valence-corrected chi connectivity index (χ4v) is 3.09. The first-order valence-corrected chi connectivity index (χ1v) is 10.6. The minimum Gasteiger partial charge on any atom is -0.469 e. The molecule has 0 aliphatic carbocycles. The zero-order valence-electron chi connectivity index (χ0n) is 20.1. The van der Waals surface area contributed by atoms with Gasteiger partial charge in [-0.05, 0) is 66.4 Å². The van der Waals surface area contributed by atoms with Gasteiger partial charge in [-0.1, -0.05) is 37.3 Å². The fraction of sp³-hybridized carbons (Fsp3) is 0.625. The highest BCUT2D eigenvalue weighted by atomic mass is 16.6. The average Bonchev–Trinajstić information content (AvgIpc) is 2.63. The van der Waals surface area contributed by atoms with Gasteiger partial charge < -0.3 is 14.2 Å². The van der Waals surface area contributed by atoms with Gasteiger partial charge in [0.2, 0.25) is 0 Å². The van der Waals surface area contributed by atoms with Crippen molar-refractivity contribution in [2.75, 3.05) is 7.11 Å². The highest BCUT2D eigenvalue weighted by molar-refractivity contribution is 5.88. The van der Waals surface area contributed by atoms with Crippen LogP contribution in [0.15, 0.2) is 30.3 Å². The highest BCUT2D eigenvalue weighted by Crippen LogP contribution is 2.25. The number of benzene rings is 1. The number of methoxy groups -OCH3 is 1. The molecule has 1 rings (SSSR count). The van der Waals surface area contributed by atoms with E-state index in [9.17, 15) is 14.4 Å². The number of carbonyl (C=O) groups excluding carboxylic acids is 3. The normalized spacial score (nSPS) is 13.7. The smallest absolute Gasteiger partial charge is 0.420 e. The molecule has 2 atom stereocenters. The Hall–Kier alpha value is -2.57. The van der Waals surface area contributed by atoms with Crippen LogP contribution in [0.25, 0.3) is 0 Å². The Labute approximate surface area is 186 Å². The molecule has 0 saturated carbocycles. The van der Waals surface area contributed by atoms with E-state index in [0.717, 1.165) is 10.5 Å². The molecule has 1 aromatic carbocycles. The summed E-state index contributed by atoms with van der Waals surface area (Å²) in [7, 11) is 1.33. The van der Waals surface area contributed by atoms with E-state index in [2.05, 4.69) is 0 Å². The van der Waals surface area contributed by atoms with Crippen molar-refractivity contribution in [3.05, 3.63) is 35.9 Å². The highest BCUT2D eigenvalue weighted by Gasteiger charge is 2.38. The summed E-state index contributed by atoms with van der Waals surface area (Å²) in [6.07, 6.45) is -0.512. The minimum atomic E-state index is -0.804. The van der Waals surface area contributed by atoms with Gasteiger partial charge >= 0.3 is 18.2 Å². The van der Waals surface area contributed by atoms with E-state index in [4.69, 9.17) is 14.2 Å². The molecule has 7 heteroatoms.